The van der Waals surface area contributed by atoms with Crippen LogP contribution in [0.2, 0.25) is 0 Å². The summed E-state index contributed by atoms with van der Waals surface area (Å²) in [7, 11) is 4.25. The average molecular weight is 319 g/mol. The number of fused-ring (bicyclic) bond motifs is 1. The Labute approximate surface area is 144 Å². The highest BCUT2D eigenvalue weighted by Crippen LogP contribution is 2.29. The average Bonchev–Trinajstić information content (AvgIpc) is 2.61. The van der Waals surface area contributed by atoms with Crippen LogP contribution in [-0.4, -0.2) is 25.6 Å². The van der Waals surface area contributed by atoms with Gasteiger partial charge in [-0.05, 0) is 43.6 Å². The molecule has 0 fully saturated rings. The lowest BCUT2D eigenvalue weighted by Gasteiger charge is -2.25. The molecule has 2 nitrogen and oxygen atoms in total. The van der Waals surface area contributed by atoms with Crippen molar-refractivity contribution in [1.29, 1.82) is 0 Å². The molecule has 0 aliphatic carbocycles. The third kappa shape index (κ3) is 3.60. The fourth-order valence-electron chi connectivity index (χ4n) is 3.23. The highest BCUT2D eigenvalue weighted by atomic mass is 16.5. The van der Waals surface area contributed by atoms with Gasteiger partial charge in [-0.25, -0.2) is 0 Å². The smallest absolute Gasteiger partial charge is 0.127 e. The molecule has 2 heteroatoms. The summed E-state index contributed by atoms with van der Waals surface area (Å²) in [4.78, 5) is 2.26. The van der Waals surface area contributed by atoms with Crippen molar-refractivity contribution in [2.75, 3.05) is 20.7 Å². The summed E-state index contributed by atoms with van der Waals surface area (Å²) in [5.74, 6) is 0.974. The maximum absolute atomic E-state index is 6.15. The molecule has 124 valence electrons. The highest BCUT2D eigenvalue weighted by molar-refractivity contribution is 5.90. The largest absolute Gasteiger partial charge is 0.493 e. The van der Waals surface area contributed by atoms with E-state index < -0.39 is 0 Å². The summed E-state index contributed by atoms with van der Waals surface area (Å²) in [6.45, 7) is 2.84. The van der Waals surface area contributed by atoms with Crippen molar-refractivity contribution in [3.05, 3.63) is 77.9 Å². The van der Waals surface area contributed by atoms with Crippen LogP contribution in [0.15, 0.2) is 66.7 Å². The Morgan fingerprint density at radius 1 is 0.833 bits per heavy atom. The summed E-state index contributed by atoms with van der Waals surface area (Å²) in [5.41, 5.74) is 2.62. The minimum absolute atomic E-state index is 0.364. The van der Waals surface area contributed by atoms with Gasteiger partial charge in [-0.15, -0.1) is 0 Å². The van der Waals surface area contributed by atoms with Crippen molar-refractivity contribution in [3.63, 3.8) is 0 Å². The molecule has 0 aliphatic heterocycles. The number of ether oxygens (including phenoxy) is 1. The number of rotatable bonds is 6. The Bertz CT molecular complexity index is 795. The first-order valence-corrected chi connectivity index (χ1v) is 8.49. The van der Waals surface area contributed by atoms with Crippen molar-refractivity contribution < 1.29 is 4.74 Å². The van der Waals surface area contributed by atoms with Gasteiger partial charge in [0.05, 0.1) is 6.61 Å². The highest BCUT2D eigenvalue weighted by Gasteiger charge is 2.14. The monoisotopic (exact) mass is 319 g/mol. The standard InChI is InChI=1S/C22H25NO/c1-17-13-14-22(20-12-8-7-11-19(17)20)24-16-15-21(23(2)3)18-9-5-4-6-10-18/h4-14,21H,15-16H2,1-3H3. The summed E-state index contributed by atoms with van der Waals surface area (Å²) in [6.07, 6.45) is 0.958. The van der Waals surface area contributed by atoms with Gasteiger partial charge >= 0.3 is 0 Å². The Kier molecular flexibility index (Phi) is 5.17. The summed E-state index contributed by atoms with van der Waals surface area (Å²) in [5, 5.41) is 2.46. The maximum Gasteiger partial charge on any atom is 0.127 e. The number of nitrogens with zero attached hydrogens (tertiary/aromatic N) is 1. The van der Waals surface area contributed by atoms with E-state index in [9.17, 15) is 0 Å². The zero-order valence-electron chi connectivity index (χ0n) is 14.7. The normalized spacial score (nSPS) is 12.5. The van der Waals surface area contributed by atoms with E-state index >= 15 is 0 Å². The SMILES string of the molecule is Cc1ccc(OCCC(c2ccccc2)N(C)C)c2ccccc12. The van der Waals surface area contributed by atoms with E-state index in [0.29, 0.717) is 12.6 Å². The van der Waals surface area contributed by atoms with Gasteiger partial charge in [-0.1, -0.05) is 60.7 Å². The van der Waals surface area contributed by atoms with Gasteiger partial charge in [0.15, 0.2) is 0 Å². The molecule has 0 amide bonds. The van der Waals surface area contributed by atoms with E-state index in [1.165, 1.54) is 21.9 Å². The molecule has 0 aliphatic rings. The van der Waals surface area contributed by atoms with Crippen molar-refractivity contribution in [1.82, 2.24) is 4.90 Å². The fraction of sp³-hybridized carbons (Fsp3) is 0.273. The predicted octanol–water partition coefficient (Wildman–Crippen LogP) is 5.22. The molecule has 24 heavy (non-hydrogen) atoms. The first-order chi connectivity index (χ1) is 11.7. The van der Waals surface area contributed by atoms with Crippen LogP contribution >= 0.6 is 0 Å². The van der Waals surface area contributed by atoms with E-state index in [1.54, 1.807) is 0 Å². The van der Waals surface area contributed by atoms with Gasteiger partial charge in [0.25, 0.3) is 0 Å². The topological polar surface area (TPSA) is 12.5 Å². The Balaban J connectivity index is 1.73. The molecule has 0 N–H and O–H groups in total. The van der Waals surface area contributed by atoms with Gasteiger partial charge in [0.1, 0.15) is 5.75 Å². The minimum atomic E-state index is 0.364. The van der Waals surface area contributed by atoms with Crippen LogP contribution in [0.25, 0.3) is 10.8 Å². The molecule has 0 saturated carbocycles. The fourth-order valence-corrected chi connectivity index (χ4v) is 3.23. The molecule has 3 rings (SSSR count). The number of hydrogen-bond acceptors (Lipinski definition) is 2. The van der Waals surface area contributed by atoms with Crippen LogP contribution in [-0.2, 0) is 0 Å². The lowest BCUT2D eigenvalue weighted by Crippen LogP contribution is -2.22. The van der Waals surface area contributed by atoms with Crippen LogP contribution in [0.1, 0.15) is 23.6 Å². The molecule has 0 saturated heterocycles. The van der Waals surface area contributed by atoms with E-state index in [1.807, 2.05) is 0 Å². The van der Waals surface area contributed by atoms with Gasteiger partial charge in [0.2, 0.25) is 0 Å². The quantitative estimate of drug-likeness (QED) is 0.617. The first kappa shape index (κ1) is 16.5. The number of benzene rings is 3. The van der Waals surface area contributed by atoms with Crippen molar-refractivity contribution >= 4 is 10.8 Å². The van der Waals surface area contributed by atoms with Crippen LogP contribution in [0.5, 0.6) is 5.75 Å². The summed E-state index contributed by atoms with van der Waals surface area (Å²) < 4.78 is 6.15. The van der Waals surface area contributed by atoms with Gasteiger partial charge in [-0.3, -0.25) is 0 Å². The van der Waals surface area contributed by atoms with E-state index in [0.717, 1.165) is 12.2 Å². The van der Waals surface area contributed by atoms with Crippen molar-refractivity contribution in [2.24, 2.45) is 0 Å². The van der Waals surface area contributed by atoms with E-state index in [2.05, 4.69) is 92.6 Å². The van der Waals surface area contributed by atoms with Gasteiger partial charge < -0.3 is 9.64 Å². The lowest BCUT2D eigenvalue weighted by molar-refractivity contribution is 0.225. The first-order valence-electron chi connectivity index (χ1n) is 8.49. The molecule has 0 radical (unpaired) electrons. The second-order valence-electron chi connectivity index (χ2n) is 6.45. The van der Waals surface area contributed by atoms with Crippen LogP contribution in [0.3, 0.4) is 0 Å². The number of hydrogen-bond donors (Lipinski definition) is 0. The number of aryl methyl sites for hydroxylation is 1. The summed E-state index contributed by atoms with van der Waals surface area (Å²) >= 11 is 0. The second kappa shape index (κ2) is 7.50. The molecule has 3 aromatic rings. The molecule has 0 bridgehead atoms. The van der Waals surface area contributed by atoms with Crippen molar-refractivity contribution in [3.8, 4) is 5.75 Å². The molecular formula is C22H25NO. The maximum atomic E-state index is 6.15. The molecule has 3 aromatic carbocycles. The Hall–Kier alpha value is -2.32. The van der Waals surface area contributed by atoms with Gasteiger partial charge in [0, 0.05) is 17.8 Å². The zero-order chi connectivity index (χ0) is 16.9. The van der Waals surface area contributed by atoms with E-state index in [4.69, 9.17) is 4.74 Å². The third-order valence-electron chi connectivity index (χ3n) is 4.56. The lowest BCUT2D eigenvalue weighted by atomic mass is 10.0. The Morgan fingerprint density at radius 3 is 2.21 bits per heavy atom. The van der Waals surface area contributed by atoms with Gasteiger partial charge in [-0.2, -0.15) is 0 Å². The molecule has 0 aromatic heterocycles. The summed E-state index contributed by atoms with van der Waals surface area (Å²) in [6, 6.07) is 23.7. The van der Waals surface area contributed by atoms with E-state index in [-0.39, 0.29) is 0 Å². The van der Waals surface area contributed by atoms with Crippen LogP contribution < -0.4 is 4.74 Å². The predicted molar refractivity (Wildman–Crippen MR) is 102 cm³/mol. The van der Waals surface area contributed by atoms with Crippen LogP contribution in [0, 0.1) is 6.92 Å². The molecular weight excluding hydrogens is 294 g/mol. The Morgan fingerprint density at radius 2 is 1.50 bits per heavy atom. The zero-order valence-corrected chi connectivity index (χ0v) is 14.7. The molecule has 0 spiro atoms. The minimum Gasteiger partial charge on any atom is -0.493 e. The molecule has 1 unspecified atom stereocenters. The second-order valence-corrected chi connectivity index (χ2v) is 6.45. The van der Waals surface area contributed by atoms with Crippen molar-refractivity contribution in [2.45, 2.75) is 19.4 Å². The molecule has 0 heterocycles. The third-order valence-corrected chi connectivity index (χ3v) is 4.56. The molecule has 1 atom stereocenters. The van der Waals surface area contributed by atoms with Crippen LogP contribution in [0.4, 0.5) is 0 Å².